The molecule has 0 bridgehead atoms. The van der Waals surface area contributed by atoms with Gasteiger partial charge in [0.25, 0.3) is 5.91 Å². The summed E-state index contributed by atoms with van der Waals surface area (Å²) in [4.78, 5) is 39.0. The summed E-state index contributed by atoms with van der Waals surface area (Å²) in [5.41, 5.74) is 0.927. The standard InChI is InChI=1S/C23H32N4O5/c1-3-24-23(30)26-15-6-9-19-17(10-15)22(29)27(2)18-8-7-16(32-20(18)13-31-19)11-21(28)25-12-14-4-5-14/h6,9-10,14,16,18,20H,3-5,7-8,11-13H2,1-2H3,(H,25,28)(H2,24,26,30)/t16-,18+,20-/m1/s1. The fourth-order valence-corrected chi connectivity index (χ4v) is 4.30. The Morgan fingerprint density at radius 2 is 1.97 bits per heavy atom. The first-order valence-corrected chi connectivity index (χ1v) is 11.5. The molecule has 9 heteroatoms. The van der Waals surface area contributed by atoms with Crippen LogP contribution in [0.1, 0.15) is 49.4 Å². The number of nitrogens with one attached hydrogen (secondary N) is 3. The maximum Gasteiger partial charge on any atom is 0.319 e. The second kappa shape index (κ2) is 9.77. The highest BCUT2D eigenvalue weighted by Crippen LogP contribution is 2.32. The van der Waals surface area contributed by atoms with Gasteiger partial charge in [-0.25, -0.2) is 4.79 Å². The molecule has 0 spiro atoms. The summed E-state index contributed by atoms with van der Waals surface area (Å²) >= 11 is 0. The number of fused-ring (bicyclic) bond motifs is 2. The molecular formula is C23H32N4O5. The van der Waals surface area contributed by atoms with E-state index in [1.54, 1.807) is 30.1 Å². The highest BCUT2D eigenvalue weighted by atomic mass is 16.5. The van der Waals surface area contributed by atoms with Crippen molar-refractivity contribution in [2.24, 2.45) is 5.92 Å². The summed E-state index contributed by atoms with van der Waals surface area (Å²) < 4.78 is 12.2. The van der Waals surface area contributed by atoms with Gasteiger partial charge < -0.3 is 30.3 Å². The van der Waals surface area contributed by atoms with Gasteiger partial charge in [-0.15, -0.1) is 0 Å². The van der Waals surface area contributed by atoms with Crippen LogP contribution in [-0.2, 0) is 9.53 Å². The van der Waals surface area contributed by atoms with Crippen LogP contribution in [0.25, 0.3) is 0 Å². The number of nitrogens with zero attached hydrogens (tertiary/aromatic N) is 1. The van der Waals surface area contributed by atoms with Crippen molar-refractivity contribution in [2.75, 3.05) is 32.1 Å². The van der Waals surface area contributed by atoms with Crippen molar-refractivity contribution >= 4 is 23.5 Å². The molecule has 4 rings (SSSR count). The Kier molecular flexibility index (Phi) is 6.83. The lowest BCUT2D eigenvalue weighted by molar-refractivity contribution is -0.134. The molecule has 1 aromatic rings. The molecule has 174 valence electrons. The van der Waals surface area contributed by atoms with E-state index in [-0.39, 0.29) is 36.1 Å². The Morgan fingerprint density at radius 3 is 2.72 bits per heavy atom. The summed E-state index contributed by atoms with van der Waals surface area (Å²) in [5.74, 6) is 0.938. The molecular weight excluding hydrogens is 412 g/mol. The molecule has 0 aromatic heterocycles. The minimum atomic E-state index is -0.326. The van der Waals surface area contributed by atoms with Gasteiger partial charge in [-0.3, -0.25) is 9.59 Å². The number of ether oxygens (including phenoxy) is 2. The van der Waals surface area contributed by atoms with Crippen LogP contribution in [0.5, 0.6) is 5.75 Å². The Balaban J connectivity index is 1.41. The van der Waals surface area contributed by atoms with Crippen LogP contribution in [0.4, 0.5) is 10.5 Å². The number of amides is 4. The van der Waals surface area contributed by atoms with Crippen molar-refractivity contribution in [3.63, 3.8) is 0 Å². The maximum atomic E-state index is 13.2. The number of benzene rings is 1. The Labute approximate surface area is 188 Å². The van der Waals surface area contributed by atoms with E-state index < -0.39 is 0 Å². The highest BCUT2D eigenvalue weighted by Gasteiger charge is 2.39. The molecule has 3 N–H and O–H groups in total. The van der Waals surface area contributed by atoms with Gasteiger partial charge in [-0.1, -0.05) is 0 Å². The zero-order valence-corrected chi connectivity index (χ0v) is 18.7. The van der Waals surface area contributed by atoms with E-state index in [1.165, 1.54) is 12.8 Å². The Morgan fingerprint density at radius 1 is 1.16 bits per heavy atom. The lowest BCUT2D eigenvalue weighted by Gasteiger charge is -2.42. The van der Waals surface area contributed by atoms with Crippen LogP contribution < -0.4 is 20.7 Å². The highest BCUT2D eigenvalue weighted by molar-refractivity contribution is 5.99. The molecule has 3 atom stereocenters. The predicted molar refractivity (Wildman–Crippen MR) is 119 cm³/mol. The Hall–Kier alpha value is -2.81. The monoisotopic (exact) mass is 444 g/mol. The fraction of sp³-hybridized carbons (Fsp3) is 0.609. The molecule has 9 nitrogen and oxygen atoms in total. The van der Waals surface area contributed by atoms with Gasteiger partial charge in [0.05, 0.1) is 24.1 Å². The molecule has 32 heavy (non-hydrogen) atoms. The first kappa shape index (κ1) is 22.4. The molecule has 3 aliphatic rings. The maximum absolute atomic E-state index is 13.2. The summed E-state index contributed by atoms with van der Waals surface area (Å²) in [7, 11) is 1.77. The second-order valence-electron chi connectivity index (χ2n) is 8.82. The summed E-state index contributed by atoms with van der Waals surface area (Å²) in [6.07, 6.45) is 3.70. The van der Waals surface area contributed by atoms with Gasteiger partial charge in [0.1, 0.15) is 18.5 Å². The molecule has 2 aliphatic heterocycles. The minimum Gasteiger partial charge on any atom is -0.490 e. The molecule has 2 fully saturated rings. The van der Waals surface area contributed by atoms with Crippen LogP contribution in [0.3, 0.4) is 0 Å². The minimum absolute atomic E-state index is 0.0222. The van der Waals surface area contributed by atoms with E-state index in [0.29, 0.717) is 48.9 Å². The lowest BCUT2D eigenvalue weighted by Crippen LogP contribution is -2.54. The van der Waals surface area contributed by atoms with E-state index in [0.717, 1.165) is 13.0 Å². The number of rotatable bonds is 6. The van der Waals surface area contributed by atoms with Crippen LogP contribution >= 0.6 is 0 Å². The number of anilines is 1. The number of likely N-dealkylation sites (N-methyl/N-ethyl adjacent to an activating group) is 1. The van der Waals surface area contributed by atoms with Crippen molar-refractivity contribution in [2.45, 2.75) is 57.3 Å². The van der Waals surface area contributed by atoms with Crippen molar-refractivity contribution in [3.05, 3.63) is 23.8 Å². The van der Waals surface area contributed by atoms with Gasteiger partial charge in [0.2, 0.25) is 5.91 Å². The largest absolute Gasteiger partial charge is 0.490 e. The topological polar surface area (TPSA) is 109 Å². The molecule has 2 heterocycles. The average molecular weight is 445 g/mol. The number of carbonyl (C=O) groups is 3. The normalized spacial score (nSPS) is 24.9. The third kappa shape index (κ3) is 5.32. The average Bonchev–Trinajstić information content (AvgIpc) is 3.60. The van der Waals surface area contributed by atoms with E-state index in [4.69, 9.17) is 9.47 Å². The number of hydrogen-bond donors (Lipinski definition) is 3. The van der Waals surface area contributed by atoms with Gasteiger partial charge in [-0.05, 0) is 56.7 Å². The van der Waals surface area contributed by atoms with Crippen LogP contribution in [0.2, 0.25) is 0 Å². The molecule has 0 radical (unpaired) electrons. The molecule has 1 aromatic carbocycles. The summed E-state index contributed by atoms with van der Waals surface area (Å²) in [6.45, 7) is 3.39. The van der Waals surface area contributed by atoms with Gasteiger partial charge in [-0.2, -0.15) is 0 Å². The van der Waals surface area contributed by atoms with Crippen molar-refractivity contribution in [1.82, 2.24) is 15.5 Å². The molecule has 1 saturated carbocycles. The van der Waals surface area contributed by atoms with Crippen LogP contribution in [0, 0.1) is 5.92 Å². The number of urea groups is 1. The first-order chi connectivity index (χ1) is 15.4. The van der Waals surface area contributed by atoms with Gasteiger partial charge in [0.15, 0.2) is 0 Å². The first-order valence-electron chi connectivity index (χ1n) is 11.5. The van der Waals surface area contributed by atoms with E-state index in [2.05, 4.69) is 16.0 Å². The number of hydrogen-bond acceptors (Lipinski definition) is 5. The third-order valence-corrected chi connectivity index (χ3v) is 6.30. The summed E-state index contributed by atoms with van der Waals surface area (Å²) in [6, 6.07) is 4.57. The van der Waals surface area contributed by atoms with Crippen molar-refractivity contribution < 1.29 is 23.9 Å². The zero-order valence-electron chi connectivity index (χ0n) is 18.7. The van der Waals surface area contributed by atoms with E-state index in [1.807, 2.05) is 6.92 Å². The second-order valence-corrected chi connectivity index (χ2v) is 8.82. The smallest absolute Gasteiger partial charge is 0.319 e. The van der Waals surface area contributed by atoms with Crippen molar-refractivity contribution in [1.29, 1.82) is 0 Å². The third-order valence-electron chi connectivity index (χ3n) is 6.30. The van der Waals surface area contributed by atoms with E-state index in [9.17, 15) is 14.4 Å². The van der Waals surface area contributed by atoms with Gasteiger partial charge in [0, 0.05) is 25.8 Å². The lowest BCUT2D eigenvalue weighted by atomic mass is 9.94. The summed E-state index contributed by atoms with van der Waals surface area (Å²) in [5, 5.41) is 8.39. The molecule has 1 saturated heterocycles. The van der Waals surface area contributed by atoms with Crippen LogP contribution in [-0.4, -0.2) is 67.7 Å². The van der Waals surface area contributed by atoms with Crippen molar-refractivity contribution in [3.8, 4) is 5.75 Å². The van der Waals surface area contributed by atoms with E-state index >= 15 is 0 Å². The molecule has 1 aliphatic carbocycles. The quantitative estimate of drug-likeness (QED) is 0.623. The SMILES string of the molecule is CCNC(=O)Nc1ccc2c(c1)C(=O)N(C)[C@H]1CC[C@H](CC(=O)NCC3CC3)O[C@@H]1CO2. The molecule has 4 amide bonds. The van der Waals surface area contributed by atoms with Crippen LogP contribution in [0.15, 0.2) is 18.2 Å². The number of carbonyl (C=O) groups excluding carboxylic acids is 3. The zero-order chi connectivity index (χ0) is 22.7. The van der Waals surface area contributed by atoms with Gasteiger partial charge >= 0.3 is 6.03 Å². The fourth-order valence-electron chi connectivity index (χ4n) is 4.30. The molecule has 0 unspecified atom stereocenters. The Bertz CT molecular complexity index is 872. The predicted octanol–water partition coefficient (Wildman–Crippen LogP) is 2.12.